The maximum Gasteiger partial charge on any atom is 0.150 e. The van der Waals surface area contributed by atoms with Crippen molar-refractivity contribution >= 4 is 9.84 Å². The molecule has 1 atom stereocenters. The first kappa shape index (κ1) is 13.3. The van der Waals surface area contributed by atoms with Crippen LogP contribution in [-0.2, 0) is 14.6 Å². The lowest BCUT2D eigenvalue weighted by molar-refractivity contribution is -0.0152. The fourth-order valence-electron chi connectivity index (χ4n) is 2.61. The summed E-state index contributed by atoms with van der Waals surface area (Å²) in [4.78, 5) is 0. The van der Waals surface area contributed by atoms with E-state index in [-0.39, 0.29) is 5.60 Å². The first-order valence-corrected chi connectivity index (χ1v) is 8.30. The number of nitrogens with one attached hydrogen (secondary N) is 1. The summed E-state index contributed by atoms with van der Waals surface area (Å²) in [7, 11) is -2.74. The van der Waals surface area contributed by atoms with Gasteiger partial charge in [-0.1, -0.05) is 0 Å². The molecule has 1 N–H and O–H groups in total. The molecule has 0 radical (unpaired) electrons. The molecular formula is C12H23NO3S. The molecule has 0 bridgehead atoms. The third-order valence-electron chi connectivity index (χ3n) is 3.74. The second-order valence-corrected chi connectivity index (χ2v) is 8.18. The molecule has 2 heterocycles. The largest absolute Gasteiger partial charge is 0.371 e. The summed E-state index contributed by atoms with van der Waals surface area (Å²) in [5.74, 6) is 0.670. The average Bonchev–Trinajstić information content (AvgIpc) is 2.57. The number of rotatable bonds is 3. The Balaban J connectivity index is 1.70. The van der Waals surface area contributed by atoms with Gasteiger partial charge in [0, 0.05) is 12.6 Å². The molecule has 0 aliphatic carbocycles. The van der Waals surface area contributed by atoms with Crippen LogP contribution in [0.25, 0.3) is 0 Å². The molecule has 17 heavy (non-hydrogen) atoms. The first-order chi connectivity index (χ1) is 7.86. The monoisotopic (exact) mass is 261 g/mol. The highest BCUT2D eigenvalue weighted by molar-refractivity contribution is 7.91. The molecule has 0 spiro atoms. The third-order valence-corrected chi connectivity index (χ3v) is 5.46. The minimum Gasteiger partial charge on any atom is -0.371 e. The standard InChI is InChI=1S/C12H23NO3S/c1-12(2)6-3-11(16-12)9-13-10-4-7-17(14,15)8-5-10/h10-11,13H,3-9H2,1-2H3. The van der Waals surface area contributed by atoms with Gasteiger partial charge in [-0.25, -0.2) is 8.42 Å². The smallest absolute Gasteiger partial charge is 0.150 e. The van der Waals surface area contributed by atoms with Crippen molar-refractivity contribution in [3.8, 4) is 0 Å². The molecule has 2 aliphatic rings. The van der Waals surface area contributed by atoms with Crippen LogP contribution < -0.4 is 5.32 Å². The summed E-state index contributed by atoms with van der Waals surface area (Å²) in [6.45, 7) is 5.11. The van der Waals surface area contributed by atoms with E-state index in [2.05, 4.69) is 19.2 Å². The van der Waals surface area contributed by atoms with Crippen molar-refractivity contribution in [2.45, 2.75) is 57.3 Å². The lowest BCUT2D eigenvalue weighted by atomic mass is 10.1. The van der Waals surface area contributed by atoms with E-state index in [4.69, 9.17) is 4.74 Å². The molecule has 0 saturated carbocycles. The number of hydrogen-bond donors (Lipinski definition) is 1. The van der Waals surface area contributed by atoms with E-state index in [0.29, 0.717) is 23.7 Å². The van der Waals surface area contributed by atoms with Crippen LogP contribution in [0.4, 0.5) is 0 Å². The van der Waals surface area contributed by atoms with E-state index in [1.807, 2.05) is 0 Å². The van der Waals surface area contributed by atoms with E-state index in [1.165, 1.54) is 0 Å². The van der Waals surface area contributed by atoms with Crippen LogP contribution in [0.2, 0.25) is 0 Å². The van der Waals surface area contributed by atoms with Crippen molar-refractivity contribution in [1.29, 1.82) is 0 Å². The Morgan fingerprint density at radius 1 is 1.24 bits per heavy atom. The van der Waals surface area contributed by atoms with Crippen molar-refractivity contribution in [1.82, 2.24) is 5.32 Å². The predicted octanol–water partition coefficient (Wildman–Crippen LogP) is 1.11. The Morgan fingerprint density at radius 2 is 1.88 bits per heavy atom. The van der Waals surface area contributed by atoms with Crippen LogP contribution in [0.5, 0.6) is 0 Å². The first-order valence-electron chi connectivity index (χ1n) is 6.48. The molecule has 1 unspecified atom stereocenters. The molecule has 0 aromatic carbocycles. The van der Waals surface area contributed by atoms with Crippen LogP contribution in [0, 0.1) is 0 Å². The molecule has 2 fully saturated rings. The lowest BCUT2D eigenvalue weighted by Crippen LogP contribution is -2.41. The van der Waals surface area contributed by atoms with Gasteiger partial charge in [0.15, 0.2) is 0 Å². The minimum atomic E-state index is -2.74. The SMILES string of the molecule is CC1(C)CCC(CNC2CCS(=O)(=O)CC2)O1. The second kappa shape index (κ2) is 4.86. The number of ether oxygens (including phenoxy) is 1. The summed E-state index contributed by atoms with van der Waals surface area (Å²) in [5, 5.41) is 3.45. The molecule has 0 amide bonds. The molecule has 2 aliphatic heterocycles. The summed E-state index contributed by atoms with van der Waals surface area (Å²) in [6, 6.07) is 0.353. The Morgan fingerprint density at radius 3 is 2.41 bits per heavy atom. The van der Waals surface area contributed by atoms with Crippen LogP contribution >= 0.6 is 0 Å². The summed E-state index contributed by atoms with van der Waals surface area (Å²) >= 11 is 0. The van der Waals surface area contributed by atoms with E-state index in [1.54, 1.807) is 0 Å². The van der Waals surface area contributed by atoms with E-state index in [0.717, 1.165) is 32.2 Å². The van der Waals surface area contributed by atoms with E-state index < -0.39 is 9.84 Å². The van der Waals surface area contributed by atoms with Crippen LogP contribution in [0.15, 0.2) is 0 Å². The average molecular weight is 261 g/mol. The van der Waals surface area contributed by atoms with Gasteiger partial charge in [-0.15, -0.1) is 0 Å². The van der Waals surface area contributed by atoms with Gasteiger partial charge in [0.1, 0.15) is 9.84 Å². The van der Waals surface area contributed by atoms with Crippen molar-refractivity contribution in [3.63, 3.8) is 0 Å². The lowest BCUT2D eigenvalue weighted by Gasteiger charge is -2.25. The molecule has 100 valence electrons. The van der Waals surface area contributed by atoms with Gasteiger partial charge >= 0.3 is 0 Å². The van der Waals surface area contributed by atoms with Crippen molar-refractivity contribution < 1.29 is 13.2 Å². The maximum atomic E-state index is 11.3. The Bertz CT molecular complexity index is 350. The highest BCUT2D eigenvalue weighted by Gasteiger charge is 2.32. The molecule has 5 heteroatoms. The fraction of sp³-hybridized carbons (Fsp3) is 1.00. The normalized spacial score (nSPS) is 32.7. The second-order valence-electron chi connectivity index (χ2n) is 5.87. The van der Waals surface area contributed by atoms with Crippen molar-refractivity contribution in [2.24, 2.45) is 0 Å². The number of sulfone groups is 1. The zero-order valence-corrected chi connectivity index (χ0v) is 11.6. The predicted molar refractivity (Wildman–Crippen MR) is 67.9 cm³/mol. The quantitative estimate of drug-likeness (QED) is 0.827. The summed E-state index contributed by atoms with van der Waals surface area (Å²) in [5.41, 5.74) is 0.0161. The maximum absolute atomic E-state index is 11.3. The van der Waals surface area contributed by atoms with E-state index >= 15 is 0 Å². The van der Waals surface area contributed by atoms with Crippen LogP contribution in [-0.4, -0.2) is 44.2 Å². The highest BCUT2D eigenvalue weighted by Crippen LogP contribution is 2.29. The Kier molecular flexibility index (Phi) is 3.80. The van der Waals surface area contributed by atoms with Gasteiger partial charge in [0.2, 0.25) is 0 Å². The minimum absolute atomic E-state index is 0.0161. The highest BCUT2D eigenvalue weighted by atomic mass is 32.2. The van der Waals surface area contributed by atoms with Gasteiger partial charge in [-0.05, 0) is 39.5 Å². The van der Waals surface area contributed by atoms with Crippen LogP contribution in [0.3, 0.4) is 0 Å². The zero-order chi connectivity index (χ0) is 12.5. The molecule has 0 aromatic heterocycles. The molecular weight excluding hydrogens is 238 g/mol. The topological polar surface area (TPSA) is 55.4 Å². The molecule has 0 aromatic rings. The third kappa shape index (κ3) is 3.93. The Hall–Kier alpha value is -0.130. The molecule has 4 nitrogen and oxygen atoms in total. The molecule has 2 rings (SSSR count). The van der Waals surface area contributed by atoms with Gasteiger partial charge in [-0.3, -0.25) is 0 Å². The van der Waals surface area contributed by atoms with Gasteiger partial charge in [0.05, 0.1) is 23.2 Å². The van der Waals surface area contributed by atoms with Crippen molar-refractivity contribution in [3.05, 3.63) is 0 Å². The number of hydrogen-bond acceptors (Lipinski definition) is 4. The summed E-state index contributed by atoms with van der Waals surface area (Å²) in [6.07, 6.45) is 4.00. The Labute approximate surface area is 104 Å². The van der Waals surface area contributed by atoms with Gasteiger partial charge in [-0.2, -0.15) is 0 Å². The van der Waals surface area contributed by atoms with Crippen molar-refractivity contribution in [2.75, 3.05) is 18.1 Å². The van der Waals surface area contributed by atoms with Crippen LogP contribution in [0.1, 0.15) is 39.5 Å². The zero-order valence-electron chi connectivity index (χ0n) is 10.7. The van der Waals surface area contributed by atoms with E-state index in [9.17, 15) is 8.42 Å². The van der Waals surface area contributed by atoms with Gasteiger partial charge in [0.25, 0.3) is 0 Å². The summed E-state index contributed by atoms with van der Waals surface area (Å²) < 4.78 is 28.5. The molecule has 2 saturated heterocycles. The van der Waals surface area contributed by atoms with Gasteiger partial charge < -0.3 is 10.1 Å². The fourth-order valence-corrected chi connectivity index (χ4v) is 4.11.